The van der Waals surface area contributed by atoms with Crippen LogP contribution in [0.4, 0.5) is 5.82 Å². The van der Waals surface area contributed by atoms with Gasteiger partial charge in [-0.2, -0.15) is 0 Å². The van der Waals surface area contributed by atoms with Crippen molar-refractivity contribution in [3.63, 3.8) is 0 Å². The molecule has 1 aliphatic heterocycles. The van der Waals surface area contributed by atoms with Crippen molar-refractivity contribution in [2.75, 3.05) is 18.0 Å². The molecule has 1 saturated heterocycles. The number of anilines is 1. The second-order valence-electron chi connectivity index (χ2n) is 7.74. The smallest absolute Gasteiger partial charge is 0.225 e. The minimum Gasteiger partial charge on any atom is -0.354 e. The molecule has 0 bridgehead atoms. The fourth-order valence-corrected chi connectivity index (χ4v) is 3.94. The standard InChI is InChI=1S/C24H25ClN4O/c1-17-8-10-18(11-9-17)22-12-13-23(28-27-22)29-14-4-6-20(16-29)24(30)26-15-19-5-2-3-7-21(19)25/h2-3,5,7-13,20H,4,6,14-16H2,1H3,(H,26,30)/t20-/m1/s1. The quantitative estimate of drug-likeness (QED) is 0.653. The van der Waals surface area contributed by atoms with Crippen molar-refractivity contribution >= 4 is 23.3 Å². The Hall–Kier alpha value is -2.92. The molecule has 2 heterocycles. The molecule has 4 rings (SSSR count). The summed E-state index contributed by atoms with van der Waals surface area (Å²) in [6, 6.07) is 19.8. The molecular weight excluding hydrogens is 396 g/mol. The van der Waals surface area contributed by atoms with E-state index in [2.05, 4.69) is 51.6 Å². The van der Waals surface area contributed by atoms with Gasteiger partial charge in [-0.05, 0) is 43.5 Å². The molecule has 3 aromatic rings. The molecule has 1 N–H and O–H groups in total. The molecule has 5 nitrogen and oxygen atoms in total. The molecule has 0 spiro atoms. The lowest BCUT2D eigenvalue weighted by atomic mass is 9.97. The molecule has 0 saturated carbocycles. The van der Waals surface area contributed by atoms with Gasteiger partial charge in [-0.25, -0.2) is 0 Å². The zero-order chi connectivity index (χ0) is 20.9. The Kier molecular flexibility index (Phi) is 6.29. The van der Waals surface area contributed by atoms with Crippen molar-refractivity contribution in [3.8, 4) is 11.3 Å². The number of benzene rings is 2. The van der Waals surface area contributed by atoms with E-state index in [0.29, 0.717) is 18.1 Å². The summed E-state index contributed by atoms with van der Waals surface area (Å²) < 4.78 is 0. The van der Waals surface area contributed by atoms with Crippen LogP contribution in [-0.4, -0.2) is 29.2 Å². The molecule has 1 fully saturated rings. The van der Waals surface area contributed by atoms with Crippen LogP contribution in [0.2, 0.25) is 5.02 Å². The third-order valence-electron chi connectivity index (χ3n) is 5.52. The zero-order valence-electron chi connectivity index (χ0n) is 17.0. The van der Waals surface area contributed by atoms with Gasteiger partial charge in [0.2, 0.25) is 5.91 Å². The zero-order valence-corrected chi connectivity index (χ0v) is 17.8. The van der Waals surface area contributed by atoms with Gasteiger partial charge in [0, 0.05) is 30.2 Å². The number of hydrogen-bond donors (Lipinski definition) is 1. The largest absolute Gasteiger partial charge is 0.354 e. The van der Waals surface area contributed by atoms with E-state index in [1.807, 2.05) is 36.4 Å². The molecule has 6 heteroatoms. The summed E-state index contributed by atoms with van der Waals surface area (Å²) in [6.45, 7) is 4.04. The average molecular weight is 421 g/mol. The number of amides is 1. The molecule has 0 unspecified atom stereocenters. The summed E-state index contributed by atoms with van der Waals surface area (Å²) in [5, 5.41) is 12.5. The second-order valence-corrected chi connectivity index (χ2v) is 8.14. The minimum absolute atomic E-state index is 0.0591. The maximum absolute atomic E-state index is 12.7. The molecule has 1 atom stereocenters. The van der Waals surface area contributed by atoms with Gasteiger partial charge in [-0.1, -0.05) is 59.6 Å². The molecule has 0 aliphatic carbocycles. The van der Waals surface area contributed by atoms with Crippen LogP contribution in [0.1, 0.15) is 24.0 Å². The number of aryl methyl sites for hydroxylation is 1. The van der Waals surface area contributed by atoms with E-state index in [0.717, 1.165) is 42.0 Å². The molecule has 30 heavy (non-hydrogen) atoms. The van der Waals surface area contributed by atoms with Crippen molar-refractivity contribution < 1.29 is 4.79 Å². The highest BCUT2D eigenvalue weighted by molar-refractivity contribution is 6.31. The van der Waals surface area contributed by atoms with Crippen molar-refractivity contribution in [3.05, 3.63) is 76.8 Å². The fraction of sp³-hybridized carbons (Fsp3) is 0.292. The Morgan fingerprint density at radius 2 is 1.90 bits per heavy atom. The van der Waals surface area contributed by atoms with Crippen LogP contribution in [0, 0.1) is 12.8 Å². The predicted molar refractivity (Wildman–Crippen MR) is 120 cm³/mol. The maximum atomic E-state index is 12.7. The summed E-state index contributed by atoms with van der Waals surface area (Å²) in [5.74, 6) is 0.804. The van der Waals surface area contributed by atoms with Gasteiger partial charge in [0.25, 0.3) is 0 Å². The van der Waals surface area contributed by atoms with Gasteiger partial charge in [-0.3, -0.25) is 4.79 Å². The normalized spacial score (nSPS) is 16.3. The first-order chi connectivity index (χ1) is 14.6. The Labute approximate surface area is 182 Å². The number of nitrogens with zero attached hydrogens (tertiary/aromatic N) is 3. The van der Waals surface area contributed by atoms with Crippen LogP contribution in [0.25, 0.3) is 11.3 Å². The van der Waals surface area contributed by atoms with E-state index in [-0.39, 0.29) is 11.8 Å². The molecule has 1 aromatic heterocycles. The Balaban J connectivity index is 1.38. The van der Waals surface area contributed by atoms with Gasteiger partial charge in [0.1, 0.15) is 0 Å². The van der Waals surface area contributed by atoms with E-state index in [9.17, 15) is 4.79 Å². The summed E-state index contributed by atoms with van der Waals surface area (Å²) in [6.07, 6.45) is 1.82. The van der Waals surface area contributed by atoms with Crippen LogP contribution < -0.4 is 10.2 Å². The highest BCUT2D eigenvalue weighted by atomic mass is 35.5. The first kappa shape index (κ1) is 20.4. The van der Waals surface area contributed by atoms with Crippen molar-refractivity contribution in [1.82, 2.24) is 15.5 Å². The Morgan fingerprint density at radius 1 is 1.10 bits per heavy atom. The third kappa shape index (κ3) is 4.79. The average Bonchev–Trinajstić information content (AvgIpc) is 2.79. The number of nitrogens with one attached hydrogen (secondary N) is 1. The second kappa shape index (κ2) is 9.26. The van der Waals surface area contributed by atoms with Crippen molar-refractivity contribution in [2.24, 2.45) is 5.92 Å². The van der Waals surface area contributed by atoms with E-state index in [1.165, 1.54) is 5.56 Å². The lowest BCUT2D eigenvalue weighted by molar-refractivity contribution is -0.125. The highest BCUT2D eigenvalue weighted by Gasteiger charge is 2.26. The minimum atomic E-state index is -0.0696. The van der Waals surface area contributed by atoms with Gasteiger partial charge in [0.15, 0.2) is 5.82 Å². The lowest BCUT2D eigenvalue weighted by Crippen LogP contribution is -2.43. The Morgan fingerprint density at radius 3 is 2.63 bits per heavy atom. The molecule has 1 aliphatic rings. The SMILES string of the molecule is Cc1ccc(-c2ccc(N3CCC[C@@H](C(=O)NCc4ccccc4Cl)C3)nn2)cc1. The number of carbonyl (C=O) groups excluding carboxylic acids is 1. The third-order valence-corrected chi connectivity index (χ3v) is 5.89. The molecule has 2 aromatic carbocycles. The lowest BCUT2D eigenvalue weighted by Gasteiger charge is -2.32. The van der Waals surface area contributed by atoms with E-state index >= 15 is 0 Å². The van der Waals surface area contributed by atoms with Crippen LogP contribution >= 0.6 is 11.6 Å². The topological polar surface area (TPSA) is 58.1 Å². The Bertz CT molecular complexity index is 1000. The summed E-state index contributed by atoms with van der Waals surface area (Å²) in [5.41, 5.74) is 4.05. The molecular formula is C24H25ClN4O. The van der Waals surface area contributed by atoms with Gasteiger partial charge >= 0.3 is 0 Å². The van der Waals surface area contributed by atoms with Crippen LogP contribution in [0.5, 0.6) is 0 Å². The van der Waals surface area contributed by atoms with Crippen molar-refractivity contribution in [1.29, 1.82) is 0 Å². The maximum Gasteiger partial charge on any atom is 0.225 e. The summed E-state index contributed by atoms with van der Waals surface area (Å²) >= 11 is 6.19. The first-order valence-electron chi connectivity index (χ1n) is 10.3. The van der Waals surface area contributed by atoms with Gasteiger partial charge < -0.3 is 10.2 Å². The summed E-state index contributed by atoms with van der Waals surface area (Å²) in [4.78, 5) is 14.9. The number of hydrogen-bond acceptors (Lipinski definition) is 4. The number of carbonyl (C=O) groups is 1. The predicted octanol–water partition coefficient (Wildman–Crippen LogP) is 4.64. The number of aromatic nitrogens is 2. The van der Waals surface area contributed by atoms with E-state index in [4.69, 9.17) is 11.6 Å². The fourth-order valence-electron chi connectivity index (χ4n) is 3.74. The molecule has 154 valence electrons. The van der Waals surface area contributed by atoms with E-state index < -0.39 is 0 Å². The summed E-state index contributed by atoms with van der Waals surface area (Å²) in [7, 11) is 0. The van der Waals surface area contributed by atoms with Crippen LogP contribution in [0.3, 0.4) is 0 Å². The first-order valence-corrected chi connectivity index (χ1v) is 10.6. The van der Waals surface area contributed by atoms with Crippen molar-refractivity contribution in [2.45, 2.75) is 26.3 Å². The van der Waals surface area contributed by atoms with Gasteiger partial charge in [0.05, 0.1) is 11.6 Å². The van der Waals surface area contributed by atoms with Gasteiger partial charge in [-0.15, -0.1) is 10.2 Å². The van der Waals surface area contributed by atoms with E-state index in [1.54, 1.807) is 0 Å². The number of rotatable bonds is 5. The molecule has 0 radical (unpaired) electrons. The number of piperidine rings is 1. The number of halogens is 1. The molecule has 1 amide bonds. The van der Waals surface area contributed by atoms with Crippen LogP contribution in [0.15, 0.2) is 60.7 Å². The highest BCUT2D eigenvalue weighted by Crippen LogP contribution is 2.24. The monoisotopic (exact) mass is 420 g/mol. The van der Waals surface area contributed by atoms with Crippen LogP contribution in [-0.2, 0) is 11.3 Å².